The van der Waals surface area contributed by atoms with Crippen LogP contribution in [0, 0.1) is 0 Å². The predicted octanol–water partition coefficient (Wildman–Crippen LogP) is 8.16. The van der Waals surface area contributed by atoms with Crippen LogP contribution in [0.5, 0.6) is 0 Å². The van der Waals surface area contributed by atoms with E-state index >= 15 is 0 Å². The van der Waals surface area contributed by atoms with Gasteiger partial charge in [-0.1, -0.05) is 90.9 Å². The highest BCUT2D eigenvalue weighted by molar-refractivity contribution is 7.45. The highest BCUT2D eigenvalue weighted by Gasteiger charge is 2.21. The van der Waals surface area contributed by atoms with Crippen molar-refractivity contribution >= 4 is 31.5 Å². The average Bonchev–Trinajstić information content (AvgIpc) is 3.07. The van der Waals surface area contributed by atoms with E-state index < -0.39 is 26.5 Å². The van der Waals surface area contributed by atoms with Crippen LogP contribution < -0.4 is 4.89 Å². The second-order valence-electron chi connectivity index (χ2n) is 14.9. The topological polar surface area (TPSA) is 155 Å². The number of likely N-dealkylation sites (N-methyl/N-ethyl adjacent to an activating group) is 1. The third-order valence-corrected chi connectivity index (χ3v) is 9.56. The lowest BCUT2D eigenvalue weighted by atomic mass is 10.0. The predicted molar refractivity (Wildman–Crippen MR) is 201 cm³/mol. The number of esters is 3. The van der Waals surface area contributed by atoms with Crippen molar-refractivity contribution in [1.82, 2.24) is 0 Å². The zero-order valence-electron chi connectivity index (χ0n) is 33.5. The van der Waals surface area contributed by atoms with Crippen LogP contribution in [0.4, 0.5) is 0 Å². The molecule has 0 aliphatic rings. The van der Waals surface area contributed by atoms with Gasteiger partial charge in [-0.2, -0.15) is 0 Å². The van der Waals surface area contributed by atoms with Gasteiger partial charge in [0.2, 0.25) is 0 Å². The van der Waals surface area contributed by atoms with Gasteiger partial charge >= 0.3 is 17.9 Å². The van der Waals surface area contributed by atoms with Crippen molar-refractivity contribution in [3.8, 4) is 0 Å². The lowest BCUT2D eigenvalue weighted by molar-refractivity contribution is -0.870. The van der Waals surface area contributed by atoms with Gasteiger partial charge in [-0.05, 0) is 44.9 Å². The summed E-state index contributed by atoms with van der Waals surface area (Å²) in [6, 6.07) is 0. The number of hydrogen-bond donors (Lipinski definition) is 0. The number of phosphoric ester groups is 1. The molecule has 0 heterocycles. The minimum Gasteiger partial charge on any atom is -0.756 e. The van der Waals surface area contributed by atoms with Gasteiger partial charge < -0.3 is 32.6 Å². The second-order valence-corrected chi connectivity index (χ2v) is 16.3. The number of ketones is 1. The number of hydrogen-bond acceptors (Lipinski definition) is 11. The van der Waals surface area contributed by atoms with Gasteiger partial charge in [-0.25, -0.2) is 0 Å². The molecule has 0 aliphatic heterocycles. The summed E-state index contributed by atoms with van der Waals surface area (Å²) in [5.41, 5.74) is 0. The van der Waals surface area contributed by atoms with E-state index in [1.165, 1.54) is 32.1 Å². The highest BCUT2D eigenvalue weighted by atomic mass is 31.2. The van der Waals surface area contributed by atoms with E-state index in [2.05, 4.69) is 13.8 Å². The molecule has 0 aromatic rings. The van der Waals surface area contributed by atoms with Crippen LogP contribution in [0.2, 0.25) is 0 Å². The van der Waals surface area contributed by atoms with E-state index in [0.29, 0.717) is 62.8 Å². The molecule has 0 saturated carbocycles. The number of carbonyl (C=O) groups excluding carboxylic acids is 4. The number of ether oxygens (including phenoxy) is 3. The molecule has 52 heavy (non-hydrogen) atoms. The van der Waals surface area contributed by atoms with Crippen LogP contribution >= 0.6 is 7.82 Å². The van der Waals surface area contributed by atoms with Gasteiger partial charge in [0.05, 0.1) is 41.0 Å². The normalized spacial score (nSPS) is 13.3. The first kappa shape index (κ1) is 50.1. The molecule has 12 nitrogen and oxygen atoms in total. The Morgan fingerprint density at radius 3 is 1.48 bits per heavy atom. The summed E-state index contributed by atoms with van der Waals surface area (Å²) < 4.78 is 39.0. The van der Waals surface area contributed by atoms with E-state index in [0.717, 1.165) is 64.2 Å². The number of rotatable bonds is 37. The first-order valence-corrected chi connectivity index (χ1v) is 21.7. The molecule has 306 valence electrons. The van der Waals surface area contributed by atoms with Gasteiger partial charge in [-0.3, -0.25) is 23.7 Å². The molecule has 0 rings (SSSR count). The third kappa shape index (κ3) is 35.2. The van der Waals surface area contributed by atoms with Gasteiger partial charge in [0, 0.05) is 32.1 Å². The number of phosphoric acid groups is 1. The summed E-state index contributed by atoms with van der Waals surface area (Å²) in [7, 11) is 1.09. The number of Topliss-reactive ketones (excluding diaryl/α,β-unsaturated/α-hetero) is 1. The first-order valence-electron chi connectivity index (χ1n) is 20.2. The van der Waals surface area contributed by atoms with Crippen LogP contribution in [0.15, 0.2) is 0 Å². The van der Waals surface area contributed by atoms with E-state index in [9.17, 15) is 28.6 Å². The molecule has 13 heteroatoms. The van der Waals surface area contributed by atoms with Crippen molar-refractivity contribution in [3.63, 3.8) is 0 Å². The van der Waals surface area contributed by atoms with Gasteiger partial charge in [0.25, 0.3) is 7.82 Å². The molecule has 0 saturated heterocycles. The Balaban J connectivity index is 4.51. The zero-order chi connectivity index (χ0) is 38.9. The molecule has 0 radical (unpaired) electrons. The molecule has 0 fully saturated rings. The van der Waals surface area contributed by atoms with E-state index in [-0.39, 0.29) is 43.6 Å². The maximum Gasteiger partial charge on any atom is 0.306 e. The monoisotopic (exact) mass is 763 g/mol. The number of carbonyl (C=O) groups is 4. The molecule has 2 atom stereocenters. The van der Waals surface area contributed by atoms with Crippen molar-refractivity contribution in [1.29, 1.82) is 0 Å². The Morgan fingerprint density at radius 1 is 0.558 bits per heavy atom. The Labute approximate surface area is 315 Å². The fourth-order valence-electron chi connectivity index (χ4n) is 5.27. The van der Waals surface area contributed by atoms with Crippen molar-refractivity contribution in [2.75, 3.05) is 54.1 Å². The Morgan fingerprint density at radius 2 is 1.00 bits per heavy atom. The minimum atomic E-state index is -4.63. The van der Waals surface area contributed by atoms with Crippen LogP contribution in [-0.2, 0) is 47.0 Å². The van der Waals surface area contributed by atoms with Gasteiger partial charge in [-0.15, -0.1) is 0 Å². The third-order valence-electron chi connectivity index (χ3n) is 8.59. The second kappa shape index (κ2) is 32.6. The van der Waals surface area contributed by atoms with Crippen LogP contribution in [0.1, 0.15) is 168 Å². The number of quaternary nitrogens is 1. The Bertz CT molecular complexity index is 986. The van der Waals surface area contributed by atoms with E-state index in [1.54, 1.807) is 0 Å². The van der Waals surface area contributed by atoms with Crippen molar-refractivity contribution in [3.05, 3.63) is 0 Å². The smallest absolute Gasteiger partial charge is 0.306 e. The van der Waals surface area contributed by atoms with Crippen molar-refractivity contribution < 1.29 is 56.4 Å². The summed E-state index contributed by atoms with van der Waals surface area (Å²) in [6.07, 6.45) is 17.4. The maximum absolute atomic E-state index is 12.6. The summed E-state index contributed by atoms with van der Waals surface area (Å²) in [5, 5.41) is 0. The molecule has 0 aliphatic carbocycles. The van der Waals surface area contributed by atoms with Crippen molar-refractivity contribution in [2.45, 2.75) is 174 Å². The standard InChI is InChI=1S/C39H74NO11P/c1-6-8-10-16-22-31-47-37(42)25-19-13-12-18-24-35(41)28-29-36(34-50-52(45,46)49-33-30-40(3,4)5)51-39(44)27-21-15-14-20-26-38(43)48-32-23-17-11-9-7-2/h36H,6-34H2,1-5H3. The SMILES string of the molecule is CCCCCCCOC(=O)CCCCCCC(=O)CCC(COP(=O)([O-])OCC[N+](C)(C)C)OC(=O)CCCCCCC(=O)OCCCCCCC. The first-order chi connectivity index (χ1) is 24.8. The molecular weight excluding hydrogens is 689 g/mol. The average molecular weight is 764 g/mol. The van der Waals surface area contributed by atoms with Crippen LogP contribution in [0.3, 0.4) is 0 Å². The molecule has 0 N–H and O–H groups in total. The molecular formula is C39H74NO11P. The largest absolute Gasteiger partial charge is 0.756 e. The molecule has 0 aromatic heterocycles. The maximum atomic E-state index is 12.6. The lowest BCUT2D eigenvalue weighted by Crippen LogP contribution is -2.37. The minimum absolute atomic E-state index is 0.0111. The summed E-state index contributed by atoms with van der Waals surface area (Å²) in [6.45, 7) is 5.24. The Hall–Kier alpha value is -1.85. The number of nitrogens with zero attached hydrogens (tertiary/aromatic N) is 1. The zero-order valence-corrected chi connectivity index (χ0v) is 34.4. The molecule has 2 unspecified atom stereocenters. The van der Waals surface area contributed by atoms with Crippen LogP contribution in [-0.4, -0.2) is 88.4 Å². The van der Waals surface area contributed by atoms with Crippen LogP contribution in [0.25, 0.3) is 0 Å². The molecule has 0 amide bonds. The van der Waals surface area contributed by atoms with E-state index in [1.807, 2.05) is 21.1 Å². The lowest BCUT2D eigenvalue weighted by Gasteiger charge is -2.28. The number of unbranched alkanes of at least 4 members (excludes halogenated alkanes) is 14. The summed E-state index contributed by atoms with van der Waals surface area (Å²) in [4.78, 5) is 61.4. The van der Waals surface area contributed by atoms with Crippen molar-refractivity contribution in [2.24, 2.45) is 0 Å². The summed E-state index contributed by atoms with van der Waals surface area (Å²) in [5.74, 6) is -0.866. The Kier molecular flexibility index (Phi) is 31.4. The molecule has 0 spiro atoms. The van der Waals surface area contributed by atoms with Gasteiger partial charge in [0.15, 0.2) is 0 Å². The fourth-order valence-corrected chi connectivity index (χ4v) is 6.00. The fraction of sp³-hybridized carbons (Fsp3) is 0.897. The highest BCUT2D eigenvalue weighted by Crippen LogP contribution is 2.38. The molecule has 0 aromatic carbocycles. The quantitative estimate of drug-likeness (QED) is 0.0198. The molecule has 0 bridgehead atoms. The van der Waals surface area contributed by atoms with Gasteiger partial charge in [0.1, 0.15) is 25.0 Å². The van der Waals surface area contributed by atoms with E-state index in [4.69, 9.17) is 23.3 Å². The summed E-state index contributed by atoms with van der Waals surface area (Å²) >= 11 is 0.